The molecular formula is C25H28F2N6O6S. The SMILES string of the molecule is CN(C)C(=O)Oc1ccc(CC(Nc2nc(N(C)C)ncc2NCS(=O)(=O)c2ccc(F)c(F)c2)C(=O)O)cc1. The van der Waals surface area contributed by atoms with Crippen LogP contribution in [0.1, 0.15) is 5.56 Å². The first-order chi connectivity index (χ1) is 18.8. The molecule has 0 spiro atoms. The van der Waals surface area contributed by atoms with Crippen molar-refractivity contribution in [2.75, 3.05) is 49.6 Å². The number of hydrogen-bond acceptors (Lipinski definition) is 10. The van der Waals surface area contributed by atoms with Gasteiger partial charge < -0.3 is 30.3 Å². The van der Waals surface area contributed by atoms with Gasteiger partial charge in [0.15, 0.2) is 27.3 Å². The minimum absolute atomic E-state index is 0.00289. The number of carbonyl (C=O) groups is 2. The van der Waals surface area contributed by atoms with Gasteiger partial charge in [-0.15, -0.1) is 0 Å². The zero-order chi connectivity index (χ0) is 29.6. The molecule has 0 saturated heterocycles. The fourth-order valence-corrected chi connectivity index (χ4v) is 4.31. The van der Waals surface area contributed by atoms with Crippen molar-refractivity contribution in [3.05, 3.63) is 65.9 Å². The van der Waals surface area contributed by atoms with Crippen LogP contribution in [0.5, 0.6) is 5.75 Å². The lowest BCUT2D eigenvalue weighted by Crippen LogP contribution is -2.32. The fraction of sp³-hybridized carbons (Fsp3) is 0.280. The van der Waals surface area contributed by atoms with Crippen molar-refractivity contribution in [3.63, 3.8) is 0 Å². The Morgan fingerprint density at radius 1 is 1.05 bits per heavy atom. The van der Waals surface area contributed by atoms with E-state index >= 15 is 0 Å². The summed E-state index contributed by atoms with van der Waals surface area (Å²) in [5.41, 5.74) is 0.663. The highest BCUT2D eigenvalue weighted by atomic mass is 32.2. The maximum absolute atomic E-state index is 13.6. The number of amides is 1. The van der Waals surface area contributed by atoms with E-state index in [1.165, 1.54) is 37.3 Å². The van der Waals surface area contributed by atoms with Gasteiger partial charge in [0.1, 0.15) is 17.7 Å². The van der Waals surface area contributed by atoms with E-state index in [9.17, 15) is 31.9 Å². The average Bonchev–Trinajstić information content (AvgIpc) is 2.89. The van der Waals surface area contributed by atoms with Crippen LogP contribution in [-0.2, 0) is 21.1 Å². The second-order valence-electron chi connectivity index (χ2n) is 8.98. The number of rotatable bonds is 11. The molecule has 1 heterocycles. The van der Waals surface area contributed by atoms with Gasteiger partial charge >= 0.3 is 12.1 Å². The molecule has 1 unspecified atom stereocenters. The van der Waals surface area contributed by atoms with Crippen LogP contribution in [-0.4, -0.2) is 80.6 Å². The molecule has 0 aliphatic heterocycles. The van der Waals surface area contributed by atoms with Gasteiger partial charge in [-0.1, -0.05) is 12.1 Å². The molecular weight excluding hydrogens is 550 g/mol. The van der Waals surface area contributed by atoms with E-state index in [0.29, 0.717) is 17.7 Å². The van der Waals surface area contributed by atoms with Crippen molar-refractivity contribution in [1.82, 2.24) is 14.9 Å². The number of carboxylic acids is 1. The second kappa shape index (κ2) is 12.5. The molecule has 0 bridgehead atoms. The van der Waals surface area contributed by atoms with E-state index in [1.807, 2.05) is 0 Å². The van der Waals surface area contributed by atoms with Gasteiger partial charge in [0.05, 0.1) is 16.8 Å². The van der Waals surface area contributed by atoms with E-state index in [1.54, 1.807) is 31.1 Å². The number of carbonyl (C=O) groups excluding carboxylic acids is 1. The lowest BCUT2D eigenvalue weighted by molar-refractivity contribution is -0.137. The Morgan fingerprint density at radius 3 is 2.30 bits per heavy atom. The van der Waals surface area contributed by atoms with Crippen molar-refractivity contribution in [2.45, 2.75) is 17.4 Å². The second-order valence-corrected chi connectivity index (χ2v) is 11.0. The number of carboxylic acid groups (broad SMARTS) is 1. The van der Waals surface area contributed by atoms with E-state index in [2.05, 4.69) is 20.6 Å². The van der Waals surface area contributed by atoms with Gasteiger partial charge in [-0.25, -0.2) is 31.8 Å². The van der Waals surface area contributed by atoms with Crippen LogP contribution < -0.4 is 20.3 Å². The highest BCUT2D eigenvalue weighted by Crippen LogP contribution is 2.24. The number of ether oxygens (including phenoxy) is 1. The maximum Gasteiger partial charge on any atom is 0.414 e. The summed E-state index contributed by atoms with van der Waals surface area (Å²) in [5.74, 6) is -3.94. The monoisotopic (exact) mass is 578 g/mol. The highest BCUT2D eigenvalue weighted by Gasteiger charge is 2.23. The van der Waals surface area contributed by atoms with E-state index in [4.69, 9.17) is 4.74 Å². The van der Waals surface area contributed by atoms with Gasteiger partial charge in [-0.05, 0) is 35.9 Å². The van der Waals surface area contributed by atoms with Crippen LogP contribution in [0.3, 0.4) is 0 Å². The van der Waals surface area contributed by atoms with Crippen molar-refractivity contribution in [3.8, 4) is 5.75 Å². The zero-order valence-electron chi connectivity index (χ0n) is 22.1. The Labute approximate surface area is 229 Å². The number of aromatic nitrogens is 2. The molecule has 0 aliphatic carbocycles. The maximum atomic E-state index is 13.6. The Balaban J connectivity index is 1.82. The topological polar surface area (TPSA) is 154 Å². The van der Waals surface area contributed by atoms with E-state index in [-0.39, 0.29) is 29.6 Å². The molecule has 1 aromatic heterocycles. The van der Waals surface area contributed by atoms with E-state index < -0.39 is 50.3 Å². The molecule has 3 rings (SSSR count). The first-order valence-corrected chi connectivity index (χ1v) is 13.4. The van der Waals surface area contributed by atoms with Crippen molar-refractivity contribution < 1.29 is 36.6 Å². The first-order valence-electron chi connectivity index (χ1n) is 11.7. The summed E-state index contributed by atoms with van der Waals surface area (Å²) in [6, 6.07) is 7.28. The van der Waals surface area contributed by atoms with Crippen molar-refractivity contribution >= 4 is 39.4 Å². The third-order valence-corrected chi connectivity index (χ3v) is 6.92. The summed E-state index contributed by atoms with van der Waals surface area (Å²) in [5, 5.41) is 15.3. The lowest BCUT2D eigenvalue weighted by Gasteiger charge is -2.20. The summed E-state index contributed by atoms with van der Waals surface area (Å²) in [4.78, 5) is 34.7. The number of benzene rings is 2. The molecule has 1 atom stereocenters. The molecule has 0 fully saturated rings. The molecule has 1 amide bonds. The molecule has 3 aromatic rings. The summed E-state index contributed by atoms with van der Waals surface area (Å²) >= 11 is 0. The van der Waals surface area contributed by atoms with Crippen LogP contribution in [0.25, 0.3) is 0 Å². The molecule has 2 aromatic carbocycles. The summed E-state index contributed by atoms with van der Waals surface area (Å²) in [6.45, 7) is 0. The third kappa shape index (κ3) is 7.75. The molecule has 12 nitrogen and oxygen atoms in total. The minimum Gasteiger partial charge on any atom is -0.480 e. The number of anilines is 3. The van der Waals surface area contributed by atoms with Crippen LogP contribution in [0, 0.1) is 11.6 Å². The van der Waals surface area contributed by atoms with Crippen LogP contribution in [0.15, 0.2) is 53.6 Å². The number of hydrogen-bond donors (Lipinski definition) is 3. The first kappa shape index (κ1) is 30.0. The largest absolute Gasteiger partial charge is 0.480 e. The Kier molecular flexibility index (Phi) is 9.42. The smallest absolute Gasteiger partial charge is 0.414 e. The van der Waals surface area contributed by atoms with Gasteiger partial charge in [-0.3, -0.25) is 0 Å². The van der Waals surface area contributed by atoms with Gasteiger partial charge in [0.25, 0.3) is 0 Å². The number of halogens is 2. The van der Waals surface area contributed by atoms with Gasteiger partial charge in [0, 0.05) is 34.6 Å². The van der Waals surface area contributed by atoms with Crippen molar-refractivity contribution in [1.29, 1.82) is 0 Å². The fourth-order valence-electron chi connectivity index (χ4n) is 3.24. The molecule has 0 saturated carbocycles. The normalized spacial score (nSPS) is 11.8. The predicted octanol–water partition coefficient (Wildman–Crippen LogP) is 2.83. The molecule has 0 aliphatic rings. The molecule has 3 N–H and O–H groups in total. The van der Waals surface area contributed by atoms with Gasteiger partial charge in [0.2, 0.25) is 5.95 Å². The van der Waals surface area contributed by atoms with Crippen LogP contribution in [0.4, 0.5) is 31.0 Å². The number of sulfone groups is 1. The highest BCUT2D eigenvalue weighted by molar-refractivity contribution is 7.91. The Morgan fingerprint density at radius 2 is 1.73 bits per heavy atom. The molecule has 0 radical (unpaired) electrons. The molecule has 40 heavy (non-hydrogen) atoms. The predicted molar refractivity (Wildman–Crippen MR) is 143 cm³/mol. The quantitative estimate of drug-likeness (QED) is 0.288. The standard InChI is InChI=1S/C25H28F2N6O6S/c1-32(2)24-28-13-21(29-14-40(37,38)17-9-10-18(26)19(27)12-17)22(31-24)30-20(23(34)35)11-15-5-7-16(8-6-15)39-25(36)33(3)4/h5-10,12-13,20,29H,11,14H2,1-4H3,(H,34,35)(H,28,30,31). The zero-order valence-corrected chi connectivity index (χ0v) is 22.9. The van der Waals surface area contributed by atoms with Crippen LogP contribution in [0.2, 0.25) is 0 Å². The number of nitrogens with zero attached hydrogens (tertiary/aromatic N) is 4. The number of nitrogens with one attached hydrogen (secondary N) is 2. The lowest BCUT2D eigenvalue weighted by atomic mass is 10.1. The Bertz CT molecular complexity index is 1490. The third-order valence-electron chi connectivity index (χ3n) is 5.42. The minimum atomic E-state index is -4.12. The summed E-state index contributed by atoms with van der Waals surface area (Å²) in [7, 11) is 2.29. The average molecular weight is 579 g/mol. The number of aliphatic carboxylic acids is 1. The van der Waals surface area contributed by atoms with Crippen molar-refractivity contribution in [2.24, 2.45) is 0 Å². The van der Waals surface area contributed by atoms with E-state index in [0.717, 1.165) is 6.07 Å². The van der Waals surface area contributed by atoms with Crippen LogP contribution >= 0.6 is 0 Å². The van der Waals surface area contributed by atoms with Gasteiger partial charge in [-0.2, -0.15) is 4.98 Å². The molecule has 214 valence electrons. The summed E-state index contributed by atoms with van der Waals surface area (Å²) < 4.78 is 57.4. The Hall–Kier alpha value is -4.53. The summed E-state index contributed by atoms with van der Waals surface area (Å²) in [6.07, 6.45) is 0.702. The molecule has 15 heteroatoms.